The molecule has 1 fully saturated rings. The third kappa shape index (κ3) is 5.38. The van der Waals surface area contributed by atoms with E-state index in [1.54, 1.807) is 0 Å². The molecule has 1 unspecified atom stereocenters. The summed E-state index contributed by atoms with van der Waals surface area (Å²) in [5.41, 5.74) is 7.30. The quantitative estimate of drug-likeness (QED) is 0.595. The molecule has 21 heavy (non-hydrogen) atoms. The van der Waals surface area contributed by atoms with Crippen LogP contribution in [0, 0.1) is 5.92 Å². The van der Waals surface area contributed by atoms with Gasteiger partial charge in [0.2, 0.25) is 0 Å². The van der Waals surface area contributed by atoms with Gasteiger partial charge in [-0.15, -0.1) is 0 Å². The lowest BCUT2D eigenvalue weighted by Gasteiger charge is -2.26. The molecule has 1 aromatic carbocycles. The van der Waals surface area contributed by atoms with E-state index in [-0.39, 0.29) is 0 Å². The second-order valence-electron chi connectivity index (χ2n) is 6.21. The lowest BCUT2D eigenvalue weighted by molar-refractivity contribution is 0.297. The number of hydrogen-bond donors (Lipinski definition) is 2. The SMILES string of the molecule is CN(C)C(CN=C(N)NCC1CCC1)Cc1ccccc1. The van der Waals surface area contributed by atoms with Crippen LogP contribution in [0.5, 0.6) is 0 Å². The monoisotopic (exact) mass is 288 g/mol. The zero-order valence-electron chi connectivity index (χ0n) is 13.3. The maximum Gasteiger partial charge on any atom is 0.188 e. The van der Waals surface area contributed by atoms with Gasteiger partial charge in [-0.1, -0.05) is 36.8 Å². The number of rotatable bonds is 7. The van der Waals surface area contributed by atoms with E-state index in [1.807, 2.05) is 0 Å². The summed E-state index contributed by atoms with van der Waals surface area (Å²) >= 11 is 0. The zero-order valence-corrected chi connectivity index (χ0v) is 13.3. The number of benzene rings is 1. The Morgan fingerprint density at radius 1 is 1.33 bits per heavy atom. The Bertz CT molecular complexity index is 437. The highest BCUT2D eigenvalue weighted by Crippen LogP contribution is 2.24. The van der Waals surface area contributed by atoms with E-state index in [4.69, 9.17) is 5.73 Å². The van der Waals surface area contributed by atoms with Crippen molar-refractivity contribution in [1.29, 1.82) is 0 Å². The molecular weight excluding hydrogens is 260 g/mol. The molecule has 0 aliphatic heterocycles. The van der Waals surface area contributed by atoms with Crippen molar-refractivity contribution in [3.05, 3.63) is 35.9 Å². The van der Waals surface area contributed by atoms with E-state index in [0.717, 1.165) is 25.4 Å². The predicted molar refractivity (Wildman–Crippen MR) is 89.5 cm³/mol. The van der Waals surface area contributed by atoms with Crippen LogP contribution in [0.4, 0.5) is 0 Å². The van der Waals surface area contributed by atoms with E-state index in [0.29, 0.717) is 12.0 Å². The van der Waals surface area contributed by atoms with Crippen molar-refractivity contribution in [2.24, 2.45) is 16.6 Å². The summed E-state index contributed by atoms with van der Waals surface area (Å²) in [5.74, 6) is 1.38. The summed E-state index contributed by atoms with van der Waals surface area (Å²) in [6, 6.07) is 10.9. The highest BCUT2D eigenvalue weighted by Gasteiger charge is 2.17. The fourth-order valence-electron chi connectivity index (χ4n) is 2.50. The van der Waals surface area contributed by atoms with Crippen LogP contribution in [-0.4, -0.2) is 44.1 Å². The standard InChI is InChI=1S/C17H28N4/c1-21(2)16(11-14-7-4-3-5-8-14)13-20-17(18)19-12-15-9-6-10-15/h3-5,7-8,15-16H,6,9-13H2,1-2H3,(H3,18,19,20). The van der Waals surface area contributed by atoms with E-state index >= 15 is 0 Å². The van der Waals surface area contributed by atoms with Gasteiger partial charge in [0.15, 0.2) is 5.96 Å². The van der Waals surface area contributed by atoms with Gasteiger partial charge < -0.3 is 16.0 Å². The third-order valence-electron chi connectivity index (χ3n) is 4.31. The number of nitrogens with two attached hydrogens (primary N) is 1. The summed E-state index contributed by atoms with van der Waals surface area (Å²) < 4.78 is 0. The lowest BCUT2D eigenvalue weighted by atomic mass is 9.85. The minimum Gasteiger partial charge on any atom is -0.370 e. The van der Waals surface area contributed by atoms with Crippen LogP contribution in [0.1, 0.15) is 24.8 Å². The van der Waals surface area contributed by atoms with E-state index in [1.165, 1.54) is 24.8 Å². The largest absolute Gasteiger partial charge is 0.370 e. The van der Waals surface area contributed by atoms with Crippen molar-refractivity contribution >= 4 is 5.96 Å². The van der Waals surface area contributed by atoms with Gasteiger partial charge in [0.1, 0.15) is 0 Å². The average Bonchev–Trinajstić information content (AvgIpc) is 2.42. The van der Waals surface area contributed by atoms with Crippen molar-refractivity contribution < 1.29 is 0 Å². The normalized spacial score (nSPS) is 17.6. The molecule has 4 nitrogen and oxygen atoms in total. The molecule has 3 N–H and O–H groups in total. The smallest absolute Gasteiger partial charge is 0.188 e. The minimum atomic E-state index is 0.372. The van der Waals surface area contributed by atoms with Crippen LogP contribution in [0.2, 0.25) is 0 Å². The molecule has 1 atom stereocenters. The first-order valence-corrected chi connectivity index (χ1v) is 7.89. The molecule has 1 aliphatic carbocycles. The molecule has 0 amide bonds. The van der Waals surface area contributed by atoms with Crippen LogP contribution < -0.4 is 11.1 Å². The van der Waals surface area contributed by atoms with Gasteiger partial charge in [-0.05, 0) is 44.8 Å². The molecule has 0 aromatic heterocycles. The van der Waals surface area contributed by atoms with Crippen LogP contribution in [0.25, 0.3) is 0 Å². The van der Waals surface area contributed by atoms with Gasteiger partial charge in [-0.3, -0.25) is 4.99 Å². The summed E-state index contributed by atoms with van der Waals surface area (Å²) in [6.07, 6.45) is 5.01. The number of nitrogens with zero attached hydrogens (tertiary/aromatic N) is 2. The summed E-state index contributed by atoms with van der Waals surface area (Å²) in [5, 5.41) is 3.25. The molecule has 2 rings (SSSR count). The first-order chi connectivity index (χ1) is 10.1. The summed E-state index contributed by atoms with van der Waals surface area (Å²) in [6.45, 7) is 1.70. The van der Waals surface area contributed by atoms with Gasteiger partial charge >= 0.3 is 0 Å². The van der Waals surface area contributed by atoms with E-state index < -0.39 is 0 Å². The van der Waals surface area contributed by atoms with Crippen molar-refractivity contribution in [1.82, 2.24) is 10.2 Å². The Kier molecular flexibility index (Phi) is 6.05. The van der Waals surface area contributed by atoms with Gasteiger partial charge in [0, 0.05) is 12.6 Å². The van der Waals surface area contributed by atoms with Crippen LogP contribution in [0.15, 0.2) is 35.3 Å². The third-order valence-corrected chi connectivity index (χ3v) is 4.31. The molecule has 1 aromatic rings. The Balaban J connectivity index is 1.81. The highest BCUT2D eigenvalue weighted by atomic mass is 15.1. The molecule has 0 bridgehead atoms. The van der Waals surface area contributed by atoms with Crippen molar-refractivity contribution in [3.8, 4) is 0 Å². The number of nitrogens with one attached hydrogen (secondary N) is 1. The molecule has 1 aliphatic rings. The van der Waals surface area contributed by atoms with Gasteiger partial charge in [0.05, 0.1) is 6.54 Å². The van der Waals surface area contributed by atoms with Crippen molar-refractivity contribution in [3.63, 3.8) is 0 Å². The van der Waals surface area contributed by atoms with Crippen LogP contribution in [-0.2, 0) is 6.42 Å². The lowest BCUT2D eigenvalue weighted by Crippen LogP contribution is -2.39. The number of hydrogen-bond acceptors (Lipinski definition) is 2. The highest BCUT2D eigenvalue weighted by molar-refractivity contribution is 5.77. The van der Waals surface area contributed by atoms with Crippen LogP contribution >= 0.6 is 0 Å². The second-order valence-corrected chi connectivity index (χ2v) is 6.21. The van der Waals surface area contributed by atoms with E-state index in [2.05, 4.69) is 59.6 Å². The van der Waals surface area contributed by atoms with Crippen molar-refractivity contribution in [2.45, 2.75) is 31.7 Å². The molecule has 4 heteroatoms. The maximum absolute atomic E-state index is 5.96. The molecular formula is C17H28N4. The Morgan fingerprint density at radius 2 is 2.05 bits per heavy atom. The fraction of sp³-hybridized carbons (Fsp3) is 0.588. The second kappa shape index (κ2) is 8.03. The van der Waals surface area contributed by atoms with Crippen LogP contribution in [0.3, 0.4) is 0 Å². The Labute approximate surface area is 128 Å². The van der Waals surface area contributed by atoms with E-state index in [9.17, 15) is 0 Å². The predicted octanol–water partition coefficient (Wildman–Crippen LogP) is 1.86. The Hall–Kier alpha value is -1.55. The van der Waals surface area contributed by atoms with Gasteiger partial charge in [-0.25, -0.2) is 0 Å². The summed E-state index contributed by atoms with van der Waals surface area (Å²) in [7, 11) is 4.20. The first-order valence-electron chi connectivity index (χ1n) is 7.89. The van der Waals surface area contributed by atoms with Gasteiger partial charge in [-0.2, -0.15) is 0 Å². The molecule has 116 valence electrons. The minimum absolute atomic E-state index is 0.372. The Morgan fingerprint density at radius 3 is 2.62 bits per heavy atom. The number of likely N-dealkylation sites (N-methyl/N-ethyl adjacent to an activating group) is 1. The van der Waals surface area contributed by atoms with Gasteiger partial charge in [0.25, 0.3) is 0 Å². The fourth-order valence-corrected chi connectivity index (χ4v) is 2.50. The zero-order chi connectivity index (χ0) is 15.1. The average molecular weight is 288 g/mol. The number of guanidine groups is 1. The molecule has 1 saturated carbocycles. The molecule has 0 radical (unpaired) electrons. The number of aliphatic imine (C=N–C) groups is 1. The topological polar surface area (TPSA) is 53.6 Å². The van der Waals surface area contributed by atoms with Crippen molar-refractivity contribution in [2.75, 3.05) is 27.2 Å². The molecule has 0 spiro atoms. The molecule has 0 heterocycles. The summed E-state index contributed by atoms with van der Waals surface area (Å²) in [4.78, 5) is 6.73. The first kappa shape index (κ1) is 15.8. The molecule has 0 saturated heterocycles. The maximum atomic E-state index is 5.96.